The number of halogens is 2. The molecule has 0 radical (unpaired) electrons. The number of rotatable bonds is 1. The molecule has 0 aliphatic carbocycles. The highest BCUT2D eigenvalue weighted by molar-refractivity contribution is 14.1. The summed E-state index contributed by atoms with van der Waals surface area (Å²) >= 11 is 1.77. The molecule has 0 unspecified atom stereocenters. The Kier molecular flexibility index (Phi) is 2.66. The number of aryl methyl sites for hydroxylation is 1. The average Bonchev–Trinajstić information content (AvgIpc) is 1.96. The molecule has 1 aromatic carbocycles. The summed E-state index contributed by atoms with van der Waals surface area (Å²) in [6.45, 7) is 1.73. The summed E-state index contributed by atoms with van der Waals surface area (Å²) in [6, 6.07) is 2.92. The van der Waals surface area contributed by atoms with Gasteiger partial charge in [0.15, 0.2) is 5.82 Å². The summed E-state index contributed by atoms with van der Waals surface area (Å²) in [5.41, 5.74) is 0.484. The Morgan fingerprint density at radius 2 is 2.17 bits per heavy atom. The quantitative estimate of drug-likeness (QED) is 0.802. The highest BCUT2D eigenvalue weighted by atomic mass is 127. The predicted molar refractivity (Wildman–Crippen MR) is 50.8 cm³/mol. The van der Waals surface area contributed by atoms with Crippen molar-refractivity contribution < 1.29 is 14.3 Å². The molecule has 0 amide bonds. The first-order valence-electron chi connectivity index (χ1n) is 3.21. The second-order valence-electron chi connectivity index (χ2n) is 2.41. The van der Waals surface area contributed by atoms with Gasteiger partial charge in [-0.25, -0.2) is 9.18 Å². The molecule has 1 rings (SSSR count). The molecule has 0 fully saturated rings. The van der Waals surface area contributed by atoms with E-state index in [4.69, 9.17) is 5.11 Å². The Morgan fingerprint density at radius 3 is 2.67 bits per heavy atom. The maximum atomic E-state index is 13.0. The zero-order valence-electron chi connectivity index (χ0n) is 6.27. The lowest BCUT2D eigenvalue weighted by atomic mass is 10.1. The lowest BCUT2D eigenvalue weighted by Crippen LogP contribution is -2.02. The Balaban J connectivity index is 3.37. The smallest absolute Gasteiger partial charge is 0.338 e. The van der Waals surface area contributed by atoms with Crippen LogP contribution in [0.25, 0.3) is 0 Å². The van der Waals surface area contributed by atoms with Crippen LogP contribution in [0.1, 0.15) is 15.9 Å². The van der Waals surface area contributed by atoms with Crippen LogP contribution in [0, 0.1) is 16.3 Å². The molecule has 0 spiro atoms. The van der Waals surface area contributed by atoms with Gasteiger partial charge in [0, 0.05) is 3.57 Å². The molecule has 0 aromatic heterocycles. The van der Waals surface area contributed by atoms with Gasteiger partial charge in [-0.3, -0.25) is 0 Å². The van der Waals surface area contributed by atoms with E-state index in [1.54, 1.807) is 35.6 Å². The standard InChI is InChI=1S/C8H6FIO2/c1-4-2-5(8(11)12)7(9)6(10)3-4/h2-3H,1H3,(H,11,12). The van der Waals surface area contributed by atoms with E-state index < -0.39 is 11.8 Å². The molecule has 0 atom stereocenters. The van der Waals surface area contributed by atoms with Crippen LogP contribution in [0.4, 0.5) is 4.39 Å². The van der Waals surface area contributed by atoms with Crippen LogP contribution in [-0.2, 0) is 0 Å². The van der Waals surface area contributed by atoms with Crippen molar-refractivity contribution in [2.24, 2.45) is 0 Å². The van der Waals surface area contributed by atoms with Crippen molar-refractivity contribution in [2.75, 3.05) is 0 Å². The van der Waals surface area contributed by atoms with Crippen LogP contribution >= 0.6 is 22.6 Å². The van der Waals surface area contributed by atoms with Crippen molar-refractivity contribution >= 4 is 28.6 Å². The summed E-state index contributed by atoms with van der Waals surface area (Å²) in [6.07, 6.45) is 0. The average molecular weight is 280 g/mol. The largest absolute Gasteiger partial charge is 0.478 e. The van der Waals surface area contributed by atoms with E-state index in [9.17, 15) is 9.18 Å². The van der Waals surface area contributed by atoms with E-state index in [0.717, 1.165) is 5.56 Å². The van der Waals surface area contributed by atoms with Crippen molar-refractivity contribution in [1.29, 1.82) is 0 Å². The first-order chi connectivity index (χ1) is 5.52. The Bertz CT molecular complexity index is 336. The van der Waals surface area contributed by atoms with Gasteiger partial charge in [0.1, 0.15) is 0 Å². The van der Waals surface area contributed by atoms with Crippen molar-refractivity contribution in [2.45, 2.75) is 6.92 Å². The first-order valence-corrected chi connectivity index (χ1v) is 4.29. The SMILES string of the molecule is Cc1cc(I)c(F)c(C(=O)O)c1. The number of aromatic carboxylic acids is 1. The number of hydrogen-bond acceptors (Lipinski definition) is 1. The molecular weight excluding hydrogens is 274 g/mol. The third-order valence-corrected chi connectivity index (χ3v) is 2.19. The van der Waals surface area contributed by atoms with Gasteiger partial charge in [0.2, 0.25) is 0 Å². The lowest BCUT2D eigenvalue weighted by molar-refractivity contribution is 0.0691. The summed E-state index contributed by atoms with van der Waals surface area (Å²) in [7, 11) is 0. The van der Waals surface area contributed by atoms with E-state index in [0.29, 0.717) is 3.57 Å². The van der Waals surface area contributed by atoms with Crippen LogP contribution in [0.5, 0.6) is 0 Å². The number of carboxylic acid groups (broad SMARTS) is 1. The van der Waals surface area contributed by atoms with Crippen LogP contribution in [0.2, 0.25) is 0 Å². The molecule has 0 saturated heterocycles. The fourth-order valence-corrected chi connectivity index (χ4v) is 1.66. The molecule has 2 nitrogen and oxygen atoms in total. The molecule has 64 valence electrons. The van der Waals surface area contributed by atoms with E-state index >= 15 is 0 Å². The summed E-state index contributed by atoms with van der Waals surface area (Å²) in [5.74, 6) is -1.89. The maximum Gasteiger partial charge on any atom is 0.338 e. The zero-order chi connectivity index (χ0) is 9.30. The molecule has 12 heavy (non-hydrogen) atoms. The minimum Gasteiger partial charge on any atom is -0.478 e. The fraction of sp³-hybridized carbons (Fsp3) is 0.125. The van der Waals surface area contributed by atoms with Gasteiger partial charge >= 0.3 is 5.97 Å². The molecule has 0 saturated carbocycles. The Morgan fingerprint density at radius 1 is 1.58 bits per heavy atom. The van der Waals surface area contributed by atoms with Gasteiger partial charge < -0.3 is 5.11 Å². The van der Waals surface area contributed by atoms with Crippen LogP contribution in [0.15, 0.2) is 12.1 Å². The molecule has 4 heteroatoms. The monoisotopic (exact) mass is 280 g/mol. The van der Waals surface area contributed by atoms with Crippen molar-refractivity contribution in [3.05, 3.63) is 32.6 Å². The predicted octanol–water partition coefficient (Wildman–Crippen LogP) is 2.44. The first kappa shape index (κ1) is 9.44. The van der Waals surface area contributed by atoms with Crippen LogP contribution < -0.4 is 0 Å². The highest BCUT2D eigenvalue weighted by Crippen LogP contribution is 2.17. The molecule has 0 aliphatic heterocycles. The summed E-state index contributed by atoms with van der Waals surface area (Å²) in [4.78, 5) is 10.5. The topological polar surface area (TPSA) is 37.3 Å². The van der Waals surface area contributed by atoms with E-state index in [1.165, 1.54) is 6.07 Å². The van der Waals surface area contributed by atoms with E-state index in [2.05, 4.69) is 0 Å². The number of carbonyl (C=O) groups is 1. The molecule has 0 heterocycles. The molecule has 0 aliphatic rings. The van der Waals surface area contributed by atoms with Gasteiger partial charge in [-0.1, -0.05) is 0 Å². The lowest BCUT2D eigenvalue weighted by Gasteiger charge is -2.01. The van der Waals surface area contributed by atoms with Gasteiger partial charge in [0.05, 0.1) is 5.56 Å². The second kappa shape index (κ2) is 3.38. The Labute approximate surface area is 82.5 Å². The fourth-order valence-electron chi connectivity index (χ4n) is 0.880. The second-order valence-corrected chi connectivity index (χ2v) is 3.58. The maximum absolute atomic E-state index is 13.0. The molecule has 0 bridgehead atoms. The van der Waals surface area contributed by atoms with Gasteiger partial charge in [-0.05, 0) is 47.2 Å². The number of benzene rings is 1. The number of hydrogen-bond donors (Lipinski definition) is 1. The molecule has 1 aromatic rings. The Hall–Kier alpha value is -0.650. The van der Waals surface area contributed by atoms with Crippen molar-refractivity contribution in [3.63, 3.8) is 0 Å². The normalized spacial score (nSPS) is 9.92. The summed E-state index contributed by atoms with van der Waals surface area (Å²) < 4.78 is 13.4. The van der Waals surface area contributed by atoms with Crippen LogP contribution in [0.3, 0.4) is 0 Å². The minimum atomic E-state index is -1.23. The molecular formula is C8H6FIO2. The van der Waals surface area contributed by atoms with Crippen molar-refractivity contribution in [3.8, 4) is 0 Å². The van der Waals surface area contributed by atoms with E-state index in [-0.39, 0.29) is 5.56 Å². The van der Waals surface area contributed by atoms with Gasteiger partial charge in [-0.15, -0.1) is 0 Å². The van der Waals surface area contributed by atoms with Crippen LogP contribution in [-0.4, -0.2) is 11.1 Å². The van der Waals surface area contributed by atoms with E-state index in [1.807, 2.05) is 0 Å². The number of carboxylic acids is 1. The summed E-state index contributed by atoms with van der Waals surface area (Å²) in [5, 5.41) is 8.57. The zero-order valence-corrected chi connectivity index (χ0v) is 8.42. The minimum absolute atomic E-state index is 0.264. The third-order valence-electron chi connectivity index (χ3n) is 1.40. The van der Waals surface area contributed by atoms with Gasteiger partial charge in [0.25, 0.3) is 0 Å². The highest BCUT2D eigenvalue weighted by Gasteiger charge is 2.13. The third kappa shape index (κ3) is 1.74. The molecule has 1 N–H and O–H groups in total. The van der Waals surface area contributed by atoms with Gasteiger partial charge in [-0.2, -0.15) is 0 Å². The van der Waals surface area contributed by atoms with Crippen molar-refractivity contribution in [1.82, 2.24) is 0 Å².